The molecule has 19 heavy (non-hydrogen) atoms. The van der Waals surface area contributed by atoms with Crippen LogP contribution in [0.5, 0.6) is 0 Å². The van der Waals surface area contributed by atoms with Crippen molar-refractivity contribution in [2.75, 3.05) is 25.0 Å². The molecule has 3 rings (SSSR count). The van der Waals surface area contributed by atoms with Gasteiger partial charge in [0.25, 0.3) is 0 Å². The Morgan fingerprint density at radius 2 is 2.37 bits per heavy atom. The number of pyridine rings is 1. The first-order chi connectivity index (χ1) is 9.33. The maximum Gasteiger partial charge on any atom is 0.0934 e. The van der Waals surface area contributed by atoms with Crippen molar-refractivity contribution in [1.29, 1.82) is 0 Å². The summed E-state index contributed by atoms with van der Waals surface area (Å²) in [4.78, 5) is 4.52. The third-order valence-corrected chi connectivity index (χ3v) is 4.09. The average molecular weight is 320 g/mol. The third kappa shape index (κ3) is 3.07. The summed E-state index contributed by atoms with van der Waals surface area (Å²) in [6.07, 6.45) is 4.45. The molecule has 1 aromatic heterocycles. The van der Waals surface area contributed by atoms with Gasteiger partial charge in [0, 0.05) is 22.6 Å². The molecule has 1 aromatic carbocycles. The molecule has 100 valence electrons. The number of nitrogens with zero attached hydrogens (tertiary/aromatic N) is 1. The number of hydrogen-bond donors (Lipinski definition) is 2. The van der Waals surface area contributed by atoms with Crippen LogP contribution >= 0.6 is 15.9 Å². The summed E-state index contributed by atoms with van der Waals surface area (Å²) in [5.74, 6) is 0.722. The van der Waals surface area contributed by atoms with Gasteiger partial charge in [0.1, 0.15) is 0 Å². The Kier molecular flexibility index (Phi) is 3.99. The lowest BCUT2D eigenvalue weighted by molar-refractivity contribution is 0.393. The molecular formula is C15H18BrN3. The van der Waals surface area contributed by atoms with Crippen molar-refractivity contribution in [2.45, 2.75) is 12.8 Å². The lowest BCUT2D eigenvalue weighted by Gasteiger charge is -2.23. The molecule has 2 heterocycles. The van der Waals surface area contributed by atoms with Gasteiger partial charge in [0.15, 0.2) is 0 Å². The zero-order valence-corrected chi connectivity index (χ0v) is 12.4. The molecule has 4 heteroatoms. The number of benzene rings is 1. The Balaban J connectivity index is 1.76. The SMILES string of the molecule is Brc1cnc2c(NCC3CCCNC3)cccc2c1. The van der Waals surface area contributed by atoms with Crippen LogP contribution < -0.4 is 10.6 Å². The highest BCUT2D eigenvalue weighted by molar-refractivity contribution is 9.10. The van der Waals surface area contributed by atoms with Gasteiger partial charge in [-0.15, -0.1) is 0 Å². The van der Waals surface area contributed by atoms with Crippen LogP contribution in [0, 0.1) is 5.92 Å². The fraction of sp³-hybridized carbons (Fsp3) is 0.400. The molecule has 3 nitrogen and oxygen atoms in total. The Hall–Kier alpha value is -1.13. The first-order valence-corrected chi connectivity index (χ1v) is 7.61. The monoisotopic (exact) mass is 319 g/mol. The van der Waals surface area contributed by atoms with Crippen molar-refractivity contribution in [3.63, 3.8) is 0 Å². The zero-order valence-electron chi connectivity index (χ0n) is 10.8. The molecule has 0 bridgehead atoms. The summed E-state index contributed by atoms with van der Waals surface area (Å²) in [6, 6.07) is 8.40. The van der Waals surface area contributed by atoms with Crippen molar-refractivity contribution < 1.29 is 0 Å². The molecular weight excluding hydrogens is 302 g/mol. The summed E-state index contributed by atoms with van der Waals surface area (Å²) in [5.41, 5.74) is 2.19. The van der Waals surface area contributed by atoms with Gasteiger partial charge in [-0.05, 0) is 59.9 Å². The molecule has 1 unspecified atom stereocenters. The number of halogens is 1. The Morgan fingerprint density at radius 3 is 3.21 bits per heavy atom. The van der Waals surface area contributed by atoms with E-state index < -0.39 is 0 Å². The maximum atomic E-state index is 4.52. The zero-order chi connectivity index (χ0) is 13.1. The van der Waals surface area contributed by atoms with E-state index in [4.69, 9.17) is 0 Å². The molecule has 2 N–H and O–H groups in total. The molecule has 1 saturated heterocycles. The fourth-order valence-corrected chi connectivity index (χ4v) is 2.98. The van der Waals surface area contributed by atoms with Gasteiger partial charge in [-0.3, -0.25) is 4.98 Å². The number of piperidine rings is 1. The molecule has 0 radical (unpaired) electrons. The molecule has 0 saturated carbocycles. The molecule has 0 aliphatic carbocycles. The standard InChI is InChI=1S/C15H18BrN3/c16-13-7-12-4-1-5-14(15(12)19-10-13)18-9-11-3-2-6-17-8-11/h1,4-5,7,10-11,17-18H,2-3,6,8-9H2. The van der Waals surface area contributed by atoms with Gasteiger partial charge in [-0.2, -0.15) is 0 Å². The van der Waals surface area contributed by atoms with E-state index in [9.17, 15) is 0 Å². The van der Waals surface area contributed by atoms with E-state index in [0.717, 1.165) is 34.7 Å². The van der Waals surface area contributed by atoms with Crippen LogP contribution in [0.25, 0.3) is 10.9 Å². The van der Waals surface area contributed by atoms with Gasteiger partial charge in [0.2, 0.25) is 0 Å². The molecule has 1 fully saturated rings. The van der Waals surface area contributed by atoms with E-state index in [2.05, 4.69) is 55.8 Å². The van der Waals surface area contributed by atoms with Gasteiger partial charge in [-0.1, -0.05) is 12.1 Å². The number of rotatable bonds is 3. The summed E-state index contributed by atoms with van der Waals surface area (Å²) in [7, 11) is 0. The third-order valence-electron chi connectivity index (χ3n) is 3.66. The second-order valence-corrected chi connectivity index (χ2v) is 6.04. The van der Waals surface area contributed by atoms with Crippen LogP contribution in [0.2, 0.25) is 0 Å². The summed E-state index contributed by atoms with van der Waals surface area (Å²) >= 11 is 3.47. The van der Waals surface area contributed by atoms with Crippen molar-refractivity contribution in [3.05, 3.63) is 34.9 Å². The Morgan fingerprint density at radius 1 is 1.42 bits per heavy atom. The van der Waals surface area contributed by atoms with E-state index in [-0.39, 0.29) is 0 Å². The van der Waals surface area contributed by atoms with E-state index in [1.165, 1.54) is 24.8 Å². The van der Waals surface area contributed by atoms with Crippen LogP contribution in [-0.4, -0.2) is 24.6 Å². The number of hydrogen-bond acceptors (Lipinski definition) is 3. The predicted molar refractivity (Wildman–Crippen MR) is 83.5 cm³/mol. The molecule has 0 amide bonds. The molecule has 1 aliphatic rings. The second kappa shape index (κ2) is 5.88. The Bertz CT molecular complexity index is 564. The van der Waals surface area contributed by atoms with Crippen LogP contribution in [0.15, 0.2) is 34.9 Å². The van der Waals surface area contributed by atoms with Crippen LogP contribution in [0.1, 0.15) is 12.8 Å². The normalized spacial score (nSPS) is 19.5. The topological polar surface area (TPSA) is 37.0 Å². The summed E-state index contributed by atoms with van der Waals surface area (Å²) < 4.78 is 1.02. The van der Waals surface area contributed by atoms with E-state index in [0.29, 0.717) is 0 Å². The van der Waals surface area contributed by atoms with Gasteiger partial charge < -0.3 is 10.6 Å². The van der Waals surface area contributed by atoms with Crippen molar-refractivity contribution in [1.82, 2.24) is 10.3 Å². The van der Waals surface area contributed by atoms with Crippen molar-refractivity contribution in [2.24, 2.45) is 5.92 Å². The van der Waals surface area contributed by atoms with E-state index >= 15 is 0 Å². The smallest absolute Gasteiger partial charge is 0.0934 e. The van der Waals surface area contributed by atoms with Gasteiger partial charge >= 0.3 is 0 Å². The minimum atomic E-state index is 0.722. The highest BCUT2D eigenvalue weighted by Gasteiger charge is 2.13. The van der Waals surface area contributed by atoms with Crippen LogP contribution in [0.4, 0.5) is 5.69 Å². The van der Waals surface area contributed by atoms with Crippen molar-refractivity contribution >= 4 is 32.5 Å². The van der Waals surface area contributed by atoms with Crippen LogP contribution in [-0.2, 0) is 0 Å². The number of aromatic nitrogens is 1. The molecule has 1 aliphatic heterocycles. The first kappa shape index (κ1) is 12.9. The van der Waals surface area contributed by atoms with Crippen LogP contribution in [0.3, 0.4) is 0 Å². The highest BCUT2D eigenvalue weighted by Crippen LogP contribution is 2.24. The molecule has 0 spiro atoms. The second-order valence-electron chi connectivity index (χ2n) is 5.12. The molecule has 1 atom stereocenters. The number of anilines is 1. The highest BCUT2D eigenvalue weighted by atomic mass is 79.9. The van der Waals surface area contributed by atoms with E-state index in [1.54, 1.807) is 0 Å². The fourth-order valence-electron chi connectivity index (χ4n) is 2.63. The van der Waals surface area contributed by atoms with Crippen molar-refractivity contribution in [3.8, 4) is 0 Å². The Labute approximate surface area is 121 Å². The van der Waals surface area contributed by atoms with E-state index in [1.807, 2.05) is 6.20 Å². The summed E-state index contributed by atoms with van der Waals surface area (Å²) in [6.45, 7) is 3.31. The first-order valence-electron chi connectivity index (χ1n) is 6.82. The molecule has 2 aromatic rings. The lowest BCUT2D eigenvalue weighted by atomic mass is 9.99. The van der Waals surface area contributed by atoms with Gasteiger partial charge in [0.05, 0.1) is 11.2 Å². The summed E-state index contributed by atoms with van der Waals surface area (Å²) in [5, 5.41) is 8.18. The largest absolute Gasteiger partial charge is 0.383 e. The maximum absolute atomic E-state index is 4.52. The average Bonchev–Trinajstić information content (AvgIpc) is 2.45. The minimum absolute atomic E-state index is 0.722. The number of para-hydroxylation sites is 1. The quantitative estimate of drug-likeness (QED) is 0.910. The lowest BCUT2D eigenvalue weighted by Crippen LogP contribution is -2.33. The number of fused-ring (bicyclic) bond motifs is 1. The number of nitrogens with one attached hydrogen (secondary N) is 2. The predicted octanol–water partition coefficient (Wildman–Crippen LogP) is 3.41. The minimum Gasteiger partial charge on any atom is -0.383 e. The van der Waals surface area contributed by atoms with Gasteiger partial charge in [-0.25, -0.2) is 0 Å².